The summed E-state index contributed by atoms with van der Waals surface area (Å²) in [6, 6.07) is 10.2. The molecule has 2 aliphatic rings. The zero-order valence-corrected chi connectivity index (χ0v) is 14.7. The van der Waals surface area contributed by atoms with Gasteiger partial charge in [-0.25, -0.2) is 4.39 Å². The molecule has 1 aliphatic heterocycles. The van der Waals surface area contributed by atoms with Crippen LogP contribution < -0.4 is 0 Å². The van der Waals surface area contributed by atoms with Crippen molar-refractivity contribution in [3.8, 4) is 0 Å². The smallest absolute Gasteiger partial charge is 0.256 e. The van der Waals surface area contributed by atoms with Gasteiger partial charge in [0.25, 0.3) is 5.91 Å². The maximum absolute atomic E-state index is 14.0. The Morgan fingerprint density at radius 2 is 1.88 bits per heavy atom. The number of rotatable bonds is 6. The monoisotopic (exact) mass is 354 g/mol. The number of aromatic nitrogens is 1. The minimum absolute atomic E-state index is 0.139. The molecule has 2 heterocycles. The van der Waals surface area contributed by atoms with Gasteiger partial charge in [-0.2, -0.15) is 0 Å². The van der Waals surface area contributed by atoms with Crippen molar-refractivity contribution < 1.29 is 13.9 Å². The lowest BCUT2D eigenvalue weighted by Gasteiger charge is -2.18. The number of likely N-dealkylation sites (tertiary alicyclic amines) is 1. The van der Waals surface area contributed by atoms with Crippen LogP contribution in [0.2, 0.25) is 0 Å². The van der Waals surface area contributed by atoms with Crippen LogP contribution in [0.5, 0.6) is 0 Å². The van der Waals surface area contributed by atoms with Crippen LogP contribution >= 0.6 is 0 Å². The summed E-state index contributed by atoms with van der Waals surface area (Å²) < 4.78 is 20.0. The second-order valence-electron chi connectivity index (χ2n) is 7.32. The highest BCUT2D eigenvalue weighted by atomic mass is 19.1. The maximum Gasteiger partial charge on any atom is 0.256 e. The van der Waals surface area contributed by atoms with Crippen molar-refractivity contribution in [2.75, 3.05) is 26.3 Å². The molecule has 0 spiro atoms. The van der Waals surface area contributed by atoms with Gasteiger partial charge in [-0.15, -0.1) is 0 Å². The number of halogens is 1. The van der Waals surface area contributed by atoms with Gasteiger partial charge in [0.2, 0.25) is 0 Å². The molecule has 1 aromatic carbocycles. The van der Waals surface area contributed by atoms with Crippen molar-refractivity contribution in [3.63, 3.8) is 0 Å². The van der Waals surface area contributed by atoms with E-state index >= 15 is 0 Å². The van der Waals surface area contributed by atoms with E-state index in [0.29, 0.717) is 25.6 Å². The van der Waals surface area contributed by atoms with Gasteiger partial charge in [-0.05, 0) is 48.6 Å². The highest BCUT2D eigenvalue weighted by Gasteiger charge is 2.37. The summed E-state index contributed by atoms with van der Waals surface area (Å²) in [7, 11) is 0. The van der Waals surface area contributed by atoms with Crippen molar-refractivity contribution in [2.24, 2.45) is 11.8 Å². The normalized spacial score (nSPS) is 22.6. The van der Waals surface area contributed by atoms with E-state index in [1.54, 1.807) is 35.5 Å². The van der Waals surface area contributed by atoms with Crippen molar-refractivity contribution in [1.82, 2.24) is 9.88 Å². The molecule has 0 N–H and O–H groups in total. The van der Waals surface area contributed by atoms with E-state index in [4.69, 9.17) is 4.74 Å². The van der Waals surface area contributed by atoms with Gasteiger partial charge in [0.15, 0.2) is 0 Å². The number of pyridine rings is 1. The Kier molecular flexibility index (Phi) is 4.98. The number of nitrogens with zero attached hydrogens (tertiary/aromatic N) is 2. The Morgan fingerprint density at radius 1 is 1.12 bits per heavy atom. The average molecular weight is 354 g/mol. The standard InChI is InChI=1S/C21H23FN2O2/c22-20-4-2-1-3-18(20)21(25)24-11-17(14-26-13-15-5-6-15)19(12-24)16-7-9-23-10-8-16/h1-4,7-10,15,17,19H,5-6,11-14H2. The lowest BCUT2D eigenvalue weighted by atomic mass is 9.90. The topological polar surface area (TPSA) is 42.4 Å². The van der Waals surface area contributed by atoms with Crippen LogP contribution in [0.25, 0.3) is 0 Å². The molecule has 0 bridgehead atoms. The molecule has 4 rings (SSSR count). The first-order valence-corrected chi connectivity index (χ1v) is 9.24. The fraction of sp³-hybridized carbons (Fsp3) is 0.429. The maximum atomic E-state index is 14.0. The van der Waals surface area contributed by atoms with E-state index in [0.717, 1.165) is 12.2 Å². The van der Waals surface area contributed by atoms with Crippen molar-refractivity contribution in [1.29, 1.82) is 0 Å². The van der Waals surface area contributed by atoms with Crippen LogP contribution in [0.1, 0.15) is 34.7 Å². The number of benzene rings is 1. The van der Waals surface area contributed by atoms with Crippen LogP contribution in [0, 0.1) is 17.7 Å². The summed E-state index contributed by atoms with van der Waals surface area (Å²) in [6.07, 6.45) is 6.07. The van der Waals surface area contributed by atoms with Crippen LogP contribution in [0.15, 0.2) is 48.8 Å². The third-order valence-electron chi connectivity index (χ3n) is 5.35. The van der Waals surface area contributed by atoms with Crippen LogP contribution in [0.4, 0.5) is 4.39 Å². The number of hydrogen-bond donors (Lipinski definition) is 0. The van der Waals surface area contributed by atoms with Crippen LogP contribution in [-0.4, -0.2) is 42.1 Å². The van der Waals surface area contributed by atoms with Crippen LogP contribution in [-0.2, 0) is 4.74 Å². The van der Waals surface area contributed by atoms with Gasteiger partial charge < -0.3 is 9.64 Å². The second kappa shape index (κ2) is 7.54. The van der Waals surface area contributed by atoms with Crippen LogP contribution in [0.3, 0.4) is 0 Å². The number of hydrogen-bond acceptors (Lipinski definition) is 3. The summed E-state index contributed by atoms with van der Waals surface area (Å²) in [5.74, 6) is 0.407. The lowest BCUT2D eigenvalue weighted by Crippen LogP contribution is -2.30. The van der Waals surface area contributed by atoms with Crippen molar-refractivity contribution >= 4 is 5.91 Å². The Balaban J connectivity index is 1.50. The number of amides is 1. The molecule has 26 heavy (non-hydrogen) atoms. The molecule has 2 aromatic rings. The minimum atomic E-state index is -0.466. The Hall–Kier alpha value is -2.27. The minimum Gasteiger partial charge on any atom is -0.381 e. The molecule has 1 aliphatic carbocycles. The number of carbonyl (C=O) groups is 1. The summed E-state index contributed by atoms with van der Waals surface area (Å²) in [6.45, 7) is 2.60. The molecule has 2 unspecified atom stereocenters. The predicted octanol–water partition coefficient (Wildman–Crippen LogP) is 3.50. The third kappa shape index (κ3) is 3.78. The molecule has 2 atom stereocenters. The molecule has 1 saturated carbocycles. The van der Waals surface area contributed by atoms with E-state index in [2.05, 4.69) is 4.98 Å². The van der Waals surface area contributed by atoms with Gasteiger partial charge in [-0.1, -0.05) is 12.1 Å². The molecule has 1 amide bonds. The molecule has 136 valence electrons. The van der Waals surface area contributed by atoms with Gasteiger partial charge in [0, 0.05) is 43.9 Å². The van der Waals surface area contributed by atoms with E-state index in [9.17, 15) is 9.18 Å². The summed E-state index contributed by atoms with van der Waals surface area (Å²) in [4.78, 5) is 18.7. The summed E-state index contributed by atoms with van der Waals surface area (Å²) >= 11 is 0. The van der Waals surface area contributed by atoms with E-state index in [1.165, 1.54) is 18.9 Å². The second-order valence-corrected chi connectivity index (χ2v) is 7.32. The summed E-state index contributed by atoms with van der Waals surface area (Å²) in [5, 5.41) is 0. The third-order valence-corrected chi connectivity index (χ3v) is 5.35. The zero-order chi connectivity index (χ0) is 17.9. The molecular weight excluding hydrogens is 331 g/mol. The number of carbonyl (C=O) groups excluding carboxylic acids is 1. The quantitative estimate of drug-likeness (QED) is 0.797. The van der Waals surface area contributed by atoms with Crippen molar-refractivity contribution in [2.45, 2.75) is 18.8 Å². The molecule has 1 aromatic heterocycles. The first-order chi connectivity index (χ1) is 12.7. The fourth-order valence-electron chi connectivity index (χ4n) is 3.67. The van der Waals surface area contributed by atoms with Gasteiger partial charge in [0.1, 0.15) is 5.82 Å². The molecule has 2 fully saturated rings. The van der Waals surface area contributed by atoms with Gasteiger partial charge >= 0.3 is 0 Å². The Labute approximate surface area is 153 Å². The molecule has 4 nitrogen and oxygen atoms in total. The SMILES string of the molecule is O=C(c1ccccc1F)N1CC(COCC2CC2)C(c2ccncc2)C1. The Morgan fingerprint density at radius 3 is 2.62 bits per heavy atom. The van der Waals surface area contributed by atoms with E-state index in [-0.39, 0.29) is 23.3 Å². The molecule has 5 heteroatoms. The molecule has 0 radical (unpaired) electrons. The lowest BCUT2D eigenvalue weighted by molar-refractivity contribution is 0.0736. The van der Waals surface area contributed by atoms with E-state index < -0.39 is 5.82 Å². The highest BCUT2D eigenvalue weighted by Crippen LogP contribution is 2.35. The largest absolute Gasteiger partial charge is 0.381 e. The predicted molar refractivity (Wildman–Crippen MR) is 96.3 cm³/mol. The van der Waals surface area contributed by atoms with Gasteiger partial charge in [-0.3, -0.25) is 9.78 Å². The van der Waals surface area contributed by atoms with E-state index in [1.807, 2.05) is 12.1 Å². The zero-order valence-electron chi connectivity index (χ0n) is 14.7. The van der Waals surface area contributed by atoms with Crippen molar-refractivity contribution in [3.05, 3.63) is 65.7 Å². The Bertz CT molecular complexity index is 764. The first-order valence-electron chi connectivity index (χ1n) is 9.24. The summed E-state index contributed by atoms with van der Waals surface area (Å²) in [5.41, 5.74) is 1.30. The average Bonchev–Trinajstić information content (AvgIpc) is 3.39. The number of ether oxygens (including phenoxy) is 1. The first kappa shape index (κ1) is 17.2. The fourth-order valence-corrected chi connectivity index (χ4v) is 3.67. The molecular formula is C21H23FN2O2. The van der Waals surface area contributed by atoms with Gasteiger partial charge in [0.05, 0.1) is 12.2 Å². The molecule has 1 saturated heterocycles. The highest BCUT2D eigenvalue weighted by molar-refractivity contribution is 5.94.